The molecule has 0 unspecified atom stereocenters. The summed E-state index contributed by atoms with van der Waals surface area (Å²) in [4.78, 5) is 23.7. The molecule has 0 heterocycles. The molecule has 2 aromatic rings. The molecule has 0 aliphatic rings. The van der Waals surface area contributed by atoms with Gasteiger partial charge < -0.3 is 10.1 Å². The van der Waals surface area contributed by atoms with Gasteiger partial charge in [0, 0.05) is 10.9 Å². The first-order chi connectivity index (χ1) is 10.6. The van der Waals surface area contributed by atoms with E-state index in [4.69, 9.17) is 4.74 Å². The molecule has 114 valence electrons. The molecule has 0 saturated heterocycles. The molecule has 2 rings (SSSR count). The number of amides is 1. The monoisotopic (exact) mass is 361 g/mol. The Morgan fingerprint density at radius 1 is 1.09 bits per heavy atom. The van der Waals surface area contributed by atoms with Crippen LogP contribution in [0.5, 0.6) is 0 Å². The molecule has 0 saturated carbocycles. The van der Waals surface area contributed by atoms with Crippen LogP contribution in [0.2, 0.25) is 0 Å². The van der Waals surface area contributed by atoms with Gasteiger partial charge in [0.05, 0.1) is 18.4 Å². The van der Waals surface area contributed by atoms with Crippen LogP contribution in [-0.2, 0) is 16.0 Å². The summed E-state index contributed by atoms with van der Waals surface area (Å²) in [5.74, 6) is -0.608. The zero-order chi connectivity index (χ0) is 15.9. The van der Waals surface area contributed by atoms with Crippen LogP contribution in [0, 0.1) is 0 Å². The van der Waals surface area contributed by atoms with E-state index in [9.17, 15) is 9.59 Å². The molecule has 0 radical (unpaired) electrons. The molecular formula is C17H16BrNO3. The average Bonchev–Trinajstić information content (AvgIpc) is 2.54. The number of benzene rings is 2. The largest absolute Gasteiger partial charge is 0.465 e. The van der Waals surface area contributed by atoms with E-state index in [2.05, 4.69) is 21.2 Å². The van der Waals surface area contributed by atoms with Gasteiger partial charge in [-0.2, -0.15) is 0 Å². The molecule has 0 aliphatic carbocycles. The highest BCUT2D eigenvalue weighted by molar-refractivity contribution is 9.10. The van der Waals surface area contributed by atoms with Crippen LogP contribution in [0.25, 0.3) is 0 Å². The number of hydrogen-bond donors (Lipinski definition) is 1. The molecule has 4 nitrogen and oxygen atoms in total. The van der Waals surface area contributed by atoms with Gasteiger partial charge in [-0.15, -0.1) is 0 Å². The fourth-order valence-electron chi connectivity index (χ4n) is 2.00. The summed E-state index contributed by atoms with van der Waals surface area (Å²) in [7, 11) is 1.31. The Balaban J connectivity index is 1.97. The highest BCUT2D eigenvalue weighted by atomic mass is 79.9. The van der Waals surface area contributed by atoms with Gasteiger partial charge in [-0.05, 0) is 36.2 Å². The van der Waals surface area contributed by atoms with Crippen LogP contribution < -0.4 is 5.32 Å². The number of methoxy groups -OCH3 is 1. The third-order valence-electron chi connectivity index (χ3n) is 3.16. The van der Waals surface area contributed by atoms with Gasteiger partial charge in [0.25, 0.3) is 0 Å². The molecule has 0 aliphatic heterocycles. The van der Waals surface area contributed by atoms with Gasteiger partial charge in [-0.25, -0.2) is 4.79 Å². The molecule has 1 N–H and O–H groups in total. The topological polar surface area (TPSA) is 55.4 Å². The van der Waals surface area contributed by atoms with Crippen molar-refractivity contribution in [3.63, 3.8) is 0 Å². The lowest BCUT2D eigenvalue weighted by molar-refractivity contribution is -0.116. The van der Waals surface area contributed by atoms with E-state index in [0.29, 0.717) is 24.1 Å². The van der Waals surface area contributed by atoms with Crippen molar-refractivity contribution in [2.24, 2.45) is 0 Å². The van der Waals surface area contributed by atoms with Gasteiger partial charge in [-0.1, -0.05) is 40.2 Å². The highest BCUT2D eigenvalue weighted by Crippen LogP contribution is 2.17. The number of para-hydroxylation sites is 1. The third kappa shape index (κ3) is 4.43. The standard InChI is InChI=1S/C17H16BrNO3/c1-22-17(21)14-4-2-3-5-15(14)19-16(20)11-8-12-6-9-13(18)10-7-12/h2-7,9-10H,8,11H2,1H3,(H,19,20). The van der Waals surface area contributed by atoms with Crippen LogP contribution in [0.4, 0.5) is 5.69 Å². The van der Waals surface area contributed by atoms with Crippen molar-refractivity contribution in [1.82, 2.24) is 0 Å². The fourth-order valence-corrected chi connectivity index (χ4v) is 2.27. The summed E-state index contributed by atoms with van der Waals surface area (Å²) in [6.07, 6.45) is 0.983. The Kier molecular flexibility index (Phi) is 5.72. The Bertz CT molecular complexity index is 668. The molecule has 0 aromatic heterocycles. The molecular weight excluding hydrogens is 346 g/mol. The molecule has 1 amide bonds. The van der Waals surface area contributed by atoms with E-state index in [1.54, 1.807) is 24.3 Å². The lowest BCUT2D eigenvalue weighted by atomic mass is 10.1. The Morgan fingerprint density at radius 2 is 1.77 bits per heavy atom. The van der Waals surface area contributed by atoms with Gasteiger partial charge in [0.15, 0.2) is 0 Å². The first-order valence-electron chi connectivity index (χ1n) is 6.82. The van der Waals surface area contributed by atoms with Crippen molar-refractivity contribution in [3.8, 4) is 0 Å². The van der Waals surface area contributed by atoms with E-state index in [-0.39, 0.29) is 5.91 Å². The maximum atomic E-state index is 12.0. The summed E-state index contributed by atoms with van der Waals surface area (Å²) in [5, 5.41) is 2.76. The summed E-state index contributed by atoms with van der Waals surface area (Å²) in [5.41, 5.74) is 1.90. The maximum absolute atomic E-state index is 12.0. The fraction of sp³-hybridized carbons (Fsp3) is 0.176. The van der Waals surface area contributed by atoms with Crippen LogP contribution in [0.3, 0.4) is 0 Å². The van der Waals surface area contributed by atoms with E-state index in [0.717, 1.165) is 10.0 Å². The van der Waals surface area contributed by atoms with Crippen LogP contribution in [0.1, 0.15) is 22.3 Å². The first kappa shape index (κ1) is 16.2. The van der Waals surface area contributed by atoms with E-state index < -0.39 is 5.97 Å². The summed E-state index contributed by atoms with van der Waals surface area (Å²) >= 11 is 3.37. The minimum absolute atomic E-state index is 0.140. The number of esters is 1. The number of aryl methyl sites for hydroxylation is 1. The van der Waals surface area contributed by atoms with Crippen LogP contribution in [0.15, 0.2) is 53.0 Å². The molecule has 5 heteroatoms. The SMILES string of the molecule is COC(=O)c1ccccc1NC(=O)CCc1ccc(Br)cc1. The molecule has 2 aromatic carbocycles. The second kappa shape index (κ2) is 7.75. The zero-order valence-electron chi connectivity index (χ0n) is 12.1. The molecule has 0 spiro atoms. The predicted octanol–water partition coefficient (Wildman–Crippen LogP) is 3.81. The molecule has 22 heavy (non-hydrogen) atoms. The lowest BCUT2D eigenvalue weighted by Crippen LogP contribution is -2.15. The van der Waals surface area contributed by atoms with Crippen LogP contribution >= 0.6 is 15.9 Å². The third-order valence-corrected chi connectivity index (χ3v) is 3.69. The molecule has 0 fully saturated rings. The Hall–Kier alpha value is -2.14. The second-order valence-corrected chi connectivity index (χ2v) is 5.63. The van der Waals surface area contributed by atoms with Gasteiger partial charge in [-0.3, -0.25) is 4.79 Å². The van der Waals surface area contributed by atoms with Crippen molar-refractivity contribution in [2.75, 3.05) is 12.4 Å². The first-order valence-corrected chi connectivity index (χ1v) is 7.61. The smallest absolute Gasteiger partial charge is 0.339 e. The number of hydrogen-bond acceptors (Lipinski definition) is 3. The van der Waals surface area contributed by atoms with Crippen molar-refractivity contribution in [2.45, 2.75) is 12.8 Å². The van der Waals surface area contributed by atoms with Gasteiger partial charge >= 0.3 is 5.97 Å². The maximum Gasteiger partial charge on any atom is 0.339 e. The van der Waals surface area contributed by atoms with Crippen molar-refractivity contribution >= 4 is 33.5 Å². The number of rotatable bonds is 5. The number of ether oxygens (including phenoxy) is 1. The summed E-state index contributed by atoms with van der Waals surface area (Å²) in [6, 6.07) is 14.6. The predicted molar refractivity (Wildman–Crippen MR) is 88.9 cm³/mol. The Morgan fingerprint density at radius 3 is 2.45 bits per heavy atom. The molecule has 0 bridgehead atoms. The number of nitrogens with one attached hydrogen (secondary N) is 1. The highest BCUT2D eigenvalue weighted by Gasteiger charge is 2.13. The van der Waals surface area contributed by atoms with Gasteiger partial charge in [0.2, 0.25) is 5.91 Å². The minimum Gasteiger partial charge on any atom is -0.465 e. The number of carbonyl (C=O) groups excluding carboxylic acids is 2. The summed E-state index contributed by atoms with van der Waals surface area (Å²) < 4.78 is 5.71. The minimum atomic E-state index is -0.469. The number of halogens is 1. The van der Waals surface area contributed by atoms with Crippen molar-refractivity contribution < 1.29 is 14.3 Å². The Labute approximate surface area is 137 Å². The molecule has 0 atom stereocenters. The lowest BCUT2D eigenvalue weighted by Gasteiger charge is -2.09. The van der Waals surface area contributed by atoms with E-state index in [1.165, 1.54) is 7.11 Å². The number of carbonyl (C=O) groups is 2. The second-order valence-electron chi connectivity index (χ2n) is 4.71. The van der Waals surface area contributed by atoms with Crippen LogP contribution in [-0.4, -0.2) is 19.0 Å². The number of anilines is 1. The van der Waals surface area contributed by atoms with Crippen molar-refractivity contribution in [1.29, 1.82) is 0 Å². The van der Waals surface area contributed by atoms with Crippen molar-refractivity contribution in [3.05, 3.63) is 64.1 Å². The van der Waals surface area contributed by atoms with E-state index >= 15 is 0 Å². The average molecular weight is 362 g/mol. The van der Waals surface area contributed by atoms with Gasteiger partial charge in [0.1, 0.15) is 0 Å². The summed E-state index contributed by atoms with van der Waals surface area (Å²) in [6.45, 7) is 0. The zero-order valence-corrected chi connectivity index (χ0v) is 13.7. The quantitative estimate of drug-likeness (QED) is 0.823. The van der Waals surface area contributed by atoms with E-state index in [1.807, 2.05) is 24.3 Å². The normalized spacial score (nSPS) is 10.1.